The van der Waals surface area contributed by atoms with Crippen molar-refractivity contribution in [3.05, 3.63) is 71.8 Å². The van der Waals surface area contributed by atoms with Gasteiger partial charge in [0.1, 0.15) is 17.3 Å². The molecule has 0 bridgehead atoms. The lowest BCUT2D eigenvalue weighted by Gasteiger charge is -2.21. The first-order valence-corrected chi connectivity index (χ1v) is 10.3. The van der Waals surface area contributed by atoms with Gasteiger partial charge in [0.25, 0.3) is 0 Å². The maximum Gasteiger partial charge on any atom is 0.191 e. The minimum absolute atomic E-state index is 0. The van der Waals surface area contributed by atoms with E-state index in [0.29, 0.717) is 25.6 Å². The Morgan fingerprint density at radius 3 is 2.48 bits per heavy atom. The number of rotatable bonds is 5. The van der Waals surface area contributed by atoms with Crippen LogP contribution in [0.1, 0.15) is 12.0 Å². The van der Waals surface area contributed by atoms with Gasteiger partial charge in [-0.1, -0.05) is 30.4 Å². The third-order valence-corrected chi connectivity index (χ3v) is 5.56. The third kappa shape index (κ3) is 5.66. The summed E-state index contributed by atoms with van der Waals surface area (Å²) in [5.41, 5.74) is 2.43. The van der Waals surface area contributed by atoms with Gasteiger partial charge in [0.05, 0.1) is 0 Å². The van der Waals surface area contributed by atoms with E-state index in [4.69, 9.17) is 0 Å². The Bertz CT molecular complexity index is 921. The molecule has 5 nitrogen and oxygen atoms in total. The summed E-state index contributed by atoms with van der Waals surface area (Å²) in [6.45, 7) is 3.66. The average molecular weight is 539 g/mol. The molecule has 166 valence electrons. The second kappa shape index (κ2) is 10.8. The van der Waals surface area contributed by atoms with Crippen LogP contribution in [0.5, 0.6) is 0 Å². The van der Waals surface area contributed by atoms with Gasteiger partial charge in [-0.25, -0.2) is 8.78 Å². The van der Waals surface area contributed by atoms with Crippen molar-refractivity contribution in [2.45, 2.75) is 19.0 Å². The van der Waals surface area contributed by atoms with Crippen LogP contribution in [0.15, 0.2) is 59.6 Å². The topological polar surface area (TPSA) is 42.9 Å². The van der Waals surface area contributed by atoms with Crippen LogP contribution in [-0.2, 0) is 6.54 Å². The first-order valence-electron chi connectivity index (χ1n) is 10.3. The average Bonchev–Trinajstić information content (AvgIpc) is 3.44. The van der Waals surface area contributed by atoms with Crippen molar-refractivity contribution in [3.63, 3.8) is 0 Å². The molecule has 1 saturated heterocycles. The van der Waals surface area contributed by atoms with Crippen LogP contribution in [0.2, 0.25) is 0 Å². The molecule has 1 atom stereocenters. The maximum absolute atomic E-state index is 14.1. The van der Waals surface area contributed by atoms with Crippen LogP contribution in [0.4, 0.5) is 20.2 Å². The van der Waals surface area contributed by atoms with Crippen molar-refractivity contribution in [2.75, 3.05) is 43.0 Å². The summed E-state index contributed by atoms with van der Waals surface area (Å²) < 4.78 is 28.1. The summed E-state index contributed by atoms with van der Waals surface area (Å²) in [7, 11) is 1.73. The van der Waals surface area contributed by atoms with E-state index in [0.717, 1.165) is 19.5 Å². The summed E-state index contributed by atoms with van der Waals surface area (Å²) in [5, 5.41) is 6.72. The van der Waals surface area contributed by atoms with Gasteiger partial charge in [0, 0.05) is 51.5 Å². The summed E-state index contributed by atoms with van der Waals surface area (Å²) in [6.07, 6.45) is 5.13. The van der Waals surface area contributed by atoms with Crippen LogP contribution >= 0.6 is 24.0 Å². The lowest BCUT2D eigenvalue weighted by Crippen LogP contribution is -2.44. The lowest BCUT2D eigenvalue weighted by molar-refractivity contribution is 0.576. The van der Waals surface area contributed by atoms with Gasteiger partial charge < -0.3 is 20.4 Å². The van der Waals surface area contributed by atoms with Gasteiger partial charge >= 0.3 is 0 Å². The second-order valence-corrected chi connectivity index (χ2v) is 7.62. The molecular weight excluding hydrogens is 511 g/mol. The lowest BCUT2D eigenvalue weighted by atomic mass is 10.2. The van der Waals surface area contributed by atoms with Crippen molar-refractivity contribution in [1.82, 2.24) is 10.6 Å². The highest BCUT2D eigenvalue weighted by Gasteiger charge is 2.27. The van der Waals surface area contributed by atoms with Crippen molar-refractivity contribution >= 4 is 41.3 Å². The summed E-state index contributed by atoms with van der Waals surface area (Å²) in [5.74, 6) is -0.360. The SMILES string of the molecule is CN=C(NCc1cccc(N2CC=CC2)c1)NC1CCN(c2c(F)cccc2F)C1.I. The maximum atomic E-state index is 14.1. The van der Waals surface area contributed by atoms with Gasteiger partial charge in [0.2, 0.25) is 0 Å². The number of benzene rings is 2. The van der Waals surface area contributed by atoms with Crippen LogP contribution in [-0.4, -0.2) is 45.2 Å². The second-order valence-electron chi connectivity index (χ2n) is 7.62. The van der Waals surface area contributed by atoms with E-state index in [-0.39, 0.29) is 35.7 Å². The Morgan fingerprint density at radius 2 is 1.77 bits per heavy atom. The van der Waals surface area contributed by atoms with Crippen molar-refractivity contribution < 1.29 is 8.78 Å². The molecule has 0 radical (unpaired) electrons. The minimum Gasteiger partial charge on any atom is -0.365 e. The molecule has 2 aromatic carbocycles. The Morgan fingerprint density at radius 1 is 1.06 bits per heavy atom. The molecule has 2 N–H and O–H groups in total. The Kier molecular flexibility index (Phi) is 8.11. The molecule has 0 saturated carbocycles. The molecule has 2 aliphatic heterocycles. The predicted octanol–water partition coefficient (Wildman–Crippen LogP) is 3.90. The van der Waals surface area contributed by atoms with E-state index < -0.39 is 11.6 Å². The normalized spacial score (nSPS) is 18.3. The highest BCUT2D eigenvalue weighted by atomic mass is 127. The molecule has 1 fully saturated rings. The van der Waals surface area contributed by atoms with Crippen LogP contribution in [0.25, 0.3) is 0 Å². The fourth-order valence-corrected chi connectivity index (χ4v) is 4.00. The number of nitrogens with one attached hydrogen (secondary N) is 2. The molecule has 8 heteroatoms. The molecule has 2 aromatic rings. The summed E-state index contributed by atoms with van der Waals surface area (Å²) in [4.78, 5) is 8.37. The molecule has 1 unspecified atom stereocenters. The smallest absolute Gasteiger partial charge is 0.191 e. The van der Waals surface area contributed by atoms with Gasteiger partial charge in [-0.2, -0.15) is 0 Å². The fraction of sp³-hybridized carbons (Fsp3) is 0.348. The van der Waals surface area contributed by atoms with E-state index in [1.54, 1.807) is 11.9 Å². The quantitative estimate of drug-likeness (QED) is 0.262. The van der Waals surface area contributed by atoms with Crippen LogP contribution in [0.3, 0.4) is 0 Å². The fourth-order valence-electron chi connectivity index (χ4n) is 4.00. The zero-order chi connectivity index (χ0) is 20.9. The molecule has 4 rings (SSSR count). The molecule has 0 amide bonds. The van der Waals surface area contributed by atoms with E-state index in [1.807, 2.05) is 0 Å². The Balaban J connectivity index is 0.00000272. The van der Waals surface area contributed by atoms with Gasteiger partial charge in [-0.05, 0) is 36.2 Å². The molecular formula is C23H28F2IN5. The van der Waals surface area contributed by atoms with Crippen molar-refractivity contribution in [1.29, 1.82) is 0 Å². The zero-order valence-corrected chi connectivity index (χ0v) is 19.9. The van der Waals surface area contributed by atoms with Crippen molar-refractivity contribution in [3.8, 4) is 0 Å². The zero-order valence-electron chi connectivity index (χ0n) is 17.5. The van der Waals surface area contributed by atoms with E-state index >= 15 is 0 Å². The number of halogens is 3. The standard InChI is InChI=1S/C23H27F2N5.HI/c1-26-23(27-15-17-6-4-7-19(14-17)29-11-2-3-12-29)28-18-10-13-30(16-18)22-20(24)8-5-9-21(22)25;/h2-9,14,18H,10-13,15-16H2,1H3,(H2,26,27,28);1H. The number of hydrogen-bond acceptors (Lipinski definition) is 3. The highest BCUT2D eigenvalue weighted by molar-refractivity contribution is 14.0. The monoisotopic (exact) mass is 539 g/mol. The molecule has 31 heavy (non-hydrogen) atoms. The first kappa shape index (κ1) is 23.3. The molecule has 2 heterocycles. The van der Waals surface area contributed by atoms with Gasteiger partial charge in [-0.15, -0.1) is 24.0 Å². The number of nitrogens with zero attached hydrogens (tertiary/aromatic N) is 3. The number of para-hydroxylation sites is 1. The number of anilines is 2. The Hall–Kier alpha value is -2.36. The number of hydrogen-bond donors (Lipinski definition) is 2. The molecule has 0 aliphatic carbocycles. The minimum atomic E-state index is -0.522. The number of guanidine groups is 1. The van der Waals surface area contributed by atoms with E-state index in [9.17, 15) is 8.78 Å². The van der Waals surface area contributed by atoms with Crippen LogP contribution in [0, 0.1) is 11.6 Å². The molecule has 0 spiro atoms. The molecule has 0 aromatic heterocycles. The van der Waals surface area contributed by atoms with Crippen molar-refractivity contribution in [2.24, 2.45) is 4.99 Å². The van der Waals surface area contributed by atoms with E-state index in [1.165, 1.54) is 29.4 Å². The number of aliphatic imine (C=N–C) groups is 1. The Labute approximate surface area is 199 Å². The van der Waals surface area contributed by atoms with Gasteiger partial charge in [0.15, 0.2) is 5.96 Å². The van der Waals surface area contributed by atoms with E-state index in [2.05, 4.69) is 56.9 Å². The third-order valence-electron chi connectivity index (χ3n) is 5.56. The molecule has 2 aliphatic rings. The predicted molar refractivity (Wildman–Crippen MR) is 134 cm³/mol. The largest absolute Gasteiger partial charge is 0.365 e. The van der Waals surface area contributed by atoms with Crippen LogP contribution < -0.4 is 20.4 Å². The summed E-state index contributed by atoms with van der Waals surface area (Å²) >= 11 is 0. The van der Waals surface area contributed by atoms with Gasteiger partial charge in [-0.3, -0.25) is 4.99 Å². The summed E-state index contributed by atoms with van der Waals surface area (Å²) in [6, 6.07) is 12.5. The first-order chi connectivity index (χ1) is 14.6. The highest BCUT2D eigenvalue weighted by Crippen LogP contribution is 2.26.